The molecule has 1 heterocycles. The summed E-state index contributed by atoms with van der Waals surface area (Å²) in [5, 5.41) is 4.02. The lowest BCUT2D eigenvalue weighted by atomic mass is 10.1. The molecule has 0 aliphatic heterocycles. The van der Waals surface area contributed by atoms with Crippen LogP contribution in [0.5, 0.6) is 0 Å². The maximum absolute atomic E-state index is 5.82. The van der Waals surface area contributed by atoms with E-state index < -0.39 is 0 Å². The summed E-state index contributed by atoms with van der Waals surface area (Å²) in [5.41, 5.74) is 5.82. The molecule has 1 aliphatic carbocycles. The maximum Gasteiger partial charge on any atom is 0.233 e. The first-order valence-electron chi connectivity index (χ1n) is 6.25. The Hall–Kier alpha value is -1.59. The number of hydrogen-bond donors (Lipinski definition) is 1. The largest absolute Gasteiger partial charge is 0.339 e. The molecule has 5 heteroatoms. The number of nitrogens with two attached hydrogens (primary N) is 1. The van der Waals surface area contributed by atoms with E-state index in [9.17, 15) is 0 Å². The van der Waals surface area contributed by atoms with E-state index in [1.54, 1.807) is 11.8 Å². The van der Waals surface area contributed by atoms with Gasteiger partial charge in [-0.15, -0.1) is 11.8 Å². The van der Waals surface area contributed by atoms with Crippen molar-refractivity contribution in [1.29, 1.82) is 0 Å². The third-order valence-electron chi connectivity index (χ3n) is 3.03. The van der Waals surface area contributed by atoms with Gasteiger partial charge in [-0.2, -0.15) is 4.98 Å². The van der Waals surface area contributed by atoms with Crippen molar-refractivity contribution in [2.24, 2.45) is 5.73 Å². The van der Waals surface area contributed by atoms with E-state index in [0.717, 1.165) is 18.0 Å². The minimum absolute atomic E-state index is 0.110. The monoisotopic (exact) mass is 273 g/mol. The van der Waals surface area contributed by atoms with E-state index in [2.05, 4.69) is 22.3 Å². The third-order valence-corrected chi connectivity index (χ3v) is 4.04. The first-order chi connectivity index (χ1) is 9.31. The van der Waals surface area contributed by atoms with Crippen molar-refractivity contribution in [3.8, 4) is 0 Å². The van der Waals surface area contributed by atoms with Crippen molar-refractivity contribution >= 4 is 11.8 Å². The molecule has 1 aliphatic rings. The van der Waals surface area contributed by atoms with Crippen molar-refractivity contribution in [3.05, 3.63) is 54.2 Å². The standard InChI is InChI=1S/C14H15N3OS/c15-11-7-6-10(8-11)14-16-13(17-18-14)9-19-12-4-2-1-3-5-12/h1-7,10-11H,8-9,15H2. The highest BCUT2D eigenvalue weighted by Gasteiger charge is 2.22. The highest BCUT2D eigenvalue weighted by molar-refractivity contribution is 7.98. The zero-order valence-corrected chi connectivity index (χ0v) is 11.2. The van der Waals surface area contributed by atoms with Gasteiger partial charge in [-0.1, -0.05) is 35.5 Å². The summed E-state index contributed by atoms with van der Waals surface area (Å²) in [6, 6.07) is 10.3. The Balaban J connectivity index is 1.61. The average molecular weight is 273 g/mol. The van der Waals surface area contributed by atoms with E-state index in [0.29, 0.717) is 5.89 Å². The van der Waals surface area contributed by atoms with Crippen LogP contribution >= 0.6 is 11.8 Å². The van der Waals surface area contributed by atoms with Gasteiger partial charge in [-0.3, -0.25) is 0 Å². The zero-order valence-electron chi connectivity index (χ0n) is 10.4. The molecule has 0 fully saturated rings. The third kappa shape index (κ3) is 3.05. The van der Waals surface area contributed by atoms with Crippen molar-refractivity contribution in [1.82, 2.24) is 10.1 Å². The van der Waals surface area contributed by atoms with Crippen LogP contribution in [0.4, 0.5) is 0 Å². The number of thioether (sulfide) groups is 1. The number of aromatic nitrogens is 2. The fourth-order valence-corrected chi connectivity index (χ4v) is 2.81. The summed E-state index contributed by atoms with van der Waals surface area (Å²) in [5.74, 6) is 2.30. The van der Waals surface area contributed by atoms with Crippen molar-refractivity contribution in [2.75, 3.05) is 0 Å². The molecule has 0 amide bonds. The van der Waals surface area contributed by atoms with Gasteiger partial charge in [-0.05, 0) is 18.6 Å². The van der Waals surface area contributed by atoms with E-state index in [1.807, 2.05) is 30.4 Å². The molecule has 2 aromatic rings. The van der Waals surface area contributed by atoms with E-state index in [4.69, 9.17) is 10.3 Å². The summed E-state index contributed by atoms with van der Waals surface area (Å²) < 4.78 is 5.30. The molecular formula is C14H15N3OS. The lowest BCUT2D eigenvalue weighted by molar-refractivity contribution is 0.361. The highest BCUT2D eigenvalue weighted by Crippen LogP contribution is 2.27. The smallest absolute Gasteiger partial charge is 0.233 e. The molecule has 0 spiro atoms. The van der Waals surface area contributed by atoms with Gasteiger partial charge in [-0.25, -0.2) is 0 Å². The van der Waals surface area contributed by atoms with Crippen LogP contribution in [-0.2, 0) is 5.75 Å². The van der Waals surface area contributed by atoms with Crippen molar-refractivity contribution < 1.29 is 4.52 Å². The molecule has 19 heavy (non-hydrogen) atoms. The normalized spacial score (nSPS) is 21.9. The van der Waals surface area contributed by atoms with Crippen LogP contribution in [0.25, 0.3) is 0 Å². The molecule has 0 saturated heterocycles. The van der Waals surface area contributed by atoms with Gasteiger partial charge < -0.3 is 10.3 Å². The van der Waals surface area contributed by atoms with Gasteiger partial charge in [0, 0.05) is 10.9 Å². The van der Waals surface area contributed by atoms with Crippen molar-refractivity contribution in [2.45, 2.75) is 29.0 Å². The fraction of sp³-hybridized carbons (Fsp3) is 0.286. The second kappa shape index (κ2) is 5.59. The Labute approximate surface area is 116 Å². The Morgan fingerprint density at radius 3 is 2.84 bits per heavy atom. The van der Waals surface area contributed by atoms with Crippen LogP contribution in [0.2, 0.25) is 0 Å². The lowest BCUT2D eigenvalue weighted by Gasteiger charge is -2.01. The molecule has 98 valence electrons. The van der Waals surface area contributed by atoms with Crippen LogP contribution in [0, 0.1) is 0 Å². The number of hydrogen-bond acceptors (Lipinski definition) is 5. The quantitative estimate of drug-likeness (QED) is 0.685. The molecule has 0 bridgehead atoms. The topological polar surface area (TPSA) is 64.9 Å². The van der Waals surface area contributed by atoms with Gasteiger partial charge in [0.15, 0.2) is 5.82 Å². The van der Waals surface area contributed by atoms with Gasteiger partial charge >= 0.3 is 0 Å². The number of rotatable bonds is 4. The minimum Gasteiger partial charge on any atom is -0.339 e. The number of benzene rings is 1. The summed E-state index contributed by atoms with van der Waals surface area (Å²) in [6.45, 7) is 0. The molecule has 1 aromatic heterocycles. The second-order valence-corrected chi connectivity index (χ2v) is 5.59. The number of allylic oxidation sites excluding steroid dienone is 1. The zero-order chi connectivity index (χ0) is 13.1. The van der Waals surface area contributed by atoms with Gasteiger partial charge in [0.2, 0.25) is 5.89 Å². The van der Waals surface area contributed by atoms with E-state index >= 15 is 0 Å². The van der Waals surface area contributed by atoms with E-state index in [1.165, 1.54) is 4.90 Å². The summed E-state index contributed by atoms with van der Waals surface area (Å²) in [7, 11) is 0. The fourth-order valence-electron chi connectivity index (χ4n) is 2.05. The van der Waals surface area contributed by atoms with Gasteiger partial charge in [0.05, 0.1) is 11.7 Å². The molecule has 0 radical (unpaired) electrons. The van der Waals surface area contributed by atoms with Crippen LogP contribution < -0.4 is 5.73 Å². The Morgan fingerprint density at radius 2 is 2.11 bits per heavy atom. The molecule has 1 aromatic carbocycles. The molecule has 4 nitrogen and oxygen atoms in total. The summed E-state index contributed by atoms with van der Waals surface area (Å²) in [6.07, 6.45) is 4.90. The number of nitrogens with zero attached hydrogens (tertiary/aromatic N) is 2. The molecule has 0 saturated carbocycles. The Bertz CT molecular complexity index is 567. The minimum atomic E-state index is 0.110. The van der Waals surface area contributed by atoms with Crippen LogP contribution in [0.3, 0.4) is 0 Å². The molecular weight excluding hydrogens is 258 g/mol. The van der Waals surface area contributed by atoms with Gasteiger partial charge in [0.25, 0.3) is 0 Å². The van der Waals surface area contributed by atoms with Crippen molar-refractivity contribution in [3.63, 3.8) is 0 Å². The average Bonchev–Trinajstić information content (AvgIpc) is 3.06. The summed E-state index contributed by atoms with van der Waals surface area (Å²) in [4.78, 5) is 5.64. The molecule has 2 N–H and O–H groups in total. The van der Waals surface area contributed by atoms with Crippen LogP contribution in [-0.4, -0.2) is 16.2 Å². The molecule has 3 rings (SSSR count). The SMILES string of the molecule is NC1C=CC(c2nc(CSc3ccccc3)no2)C1. The highest BCUT2D eigenvalue weighted by atomic mass is 32.2. The first-order valence-corrected chi connectivity index (χ1v) is 7.24. The first kappa shape index (κ1) is 12.4. The van der Waals surface area contributed by atoms with E-state index in [-0.39, 0.29) is 12.0 Å². The summed E-state index contributed by atoms with van der Waals surface area (Å²) >= 11 is 1.70. The molecule has 2 unspecified atom stereocenters. The Morgan fingerprint density at radius 1 is 1.26 bits per heavy atom. The molecule has 2 atom stereocenters. The van der Waals surface area contributed by atoms with Crippen LogP contribution in [0.1, 0.15) is 24.1 Å². The predicted octanol–water partition coefficient (Wildman–Crippen LogP) is 2.73. The predicted molar refractivity (Wildman–Crippen MR) is 74.8 cm³/mol. The lowest BCUT2D eigenvalue weighted by Crippen LogP contribution is -2.14. The van der Waals surface area contributed by atoms with Gasteiger partial charge in [0.1, 0.15) is 0 Å². The Kier molecular flexibility index (Phi) is 3.66. The maximum atomic E-state index is 5.82. The second-order valence-electron chi connectivity index (χ2n) is 4.54. The van der Waals surface area contributed by atoms with Crippen LogP contribution in [0.15, 0.2) is 51.9 Å².